The number of halogens is 1. The van der Waals surface area contributed by atoms with Crippen LogP contribution in [0.15, 0.2) is 29.8 Å². The number of nitrogens with zero attached hydrogens (tertiary/aromatic N) is 1. The molecule has 0 aliphatic carbocycles. The summed E-state index contributed by atoms with van der Waals surface area (Å²) in [4.78, 5) is 4.17. The molecule has 3 nitrogen and oxygen atoms in total. The van der Waals surface area contributed by atoms with Crippen molar-refractivity contribution in [3.05, 3.63) is 29.8 Å². The van der Waals surface area contributed by atoms with E-state index in [0.29, 0.717) is 11.4 Å². The zero-order chi connectivity index (χ0) is 9.26. The third-order valence-corrected chi connectivity index (χ3v) is 2.55. The molecule has 0 spiro atoms. The quantitative estimate of drug-likeness (QED) is 0.736. The van der Waals surface area contributed by atoms with Crippen molar-refractivity contribution >= 4 is 35.1 Å². The Balaban J connectivity index is 0.000000980. The number of benzene rings is 1. The fraction of sp³-hybridized carbons (Fsp3) is 0. The van der Waals surface area contributed by atoms with Crippen molar-refractivity contribution in [3.63, 3.8) is 0 Å². The summed E-state index contributed by atoms with van der Waals surface area (Å²) in [7, 11) is 0. The van der Waals surface area contributed by atoms with Crippen LogP contribution in [-0.2, 0) is 0 Å². The largest absolute Gasteiger partial charge is 0.399 e. The molecular formula is C9H10ClN3S. The molecule has 0 aliphatic heterocycles. The first-order valence-electron chi connectivity index (χ1n) is 3.82. The summed E-state index contributed by atoms with van der Waals surface area (Å²) in [6.45, 7) is 0. The second kappa shape index (κ2) is 4.30. The molecule has 0 saturated heterocycles. The Morgan fingerprint density at radius 2 is 2.00 bits per heavy atom. The van der Waals surface area contributed by atoms with Gasteiger partial charge in [-0.1, -0.05) is 0 Å². The molecular weight excluding hydrogens is 218 g/mol. The molecule has 14 heavy (non-hydrogen) atoms. The van der Waals surface area contributed by atoms with Crippen molar-refractivity contribution < 1.29 is 0 Å². The normalized spacial score (nSPS) is 9.43. The van der Waals surface area contributed by atoms with Gasteiger partial charge in [0.25, 0.3) is 0 Å². The van der Waals surface area contributed by atoms with E-state index in [1.165, 1.54) is 0 Å². The number of aromatic nitrogens is 1. The molecule has 2 aromatic rings. The van der Waals surface area contributed by atoms with Gasteiger partial charge in [0, 0.05) is 28.5 Å². The van der Waals surface area contributed by atoms with Crippen molar-refractivity contribution in [2.45, 2.75) is 0 Å². The van der Waals surface area contributed by atoms with Gasteiger partial charge in [-0.2, -0.15) is 0 Å². The number of rotatable bonds is 1. The van der Waals surface area contributed by atoms with Gasteiger partial charge < -0.3 is 11.5 Å². The third-order valence-electron chi connectivity index (χ3n) is 1.74. The standard InChI is InChI=1S/C9H9N3S.ClH/c10-6-1-2-8(11)7(5-6)9-12-3-4-13-9;/h1-5H,10-11H2;1H. The van der Waals surface area contributed by atoms with Crippen LogP contribution in [0.1, 0.15) is 0 Å². The minimum Gasteiger partial charge on any atom is -0.399 e. The topological polar surface area (TPSA) is 64.9 Å². The Bertz CT molecular complexity index is 414. The van der Waals surface area contributed by atoms with Gasteiger partial charge in [0.2, 0.25) is 0 Å². The predicted molar refractivity (Wildman–Crippen MR) is 63.6 cm³/mol. The van der Waals surface area contributed by atoms with Gasteiger partial charge in [0.1, 0.15) is 5.01 Å². The lowest BCUT2D eigenvalue weighted by atomic mass is 10.2. The molecule has 1 aromatic carbocycles. The highest BCUT2D eigenvalue weighted by molar-refractivity contribution is 7.13. The Hall–Kier alpha value is -1.26. The fourth-order valence-corrected chi connectivity index (χ4v) is 1.79. The van der Waals surface area contributed by atoms with E-state index in [-0.39, 0.29) is 12.4 Å². The first-order valence-corrected chi connectivity index (χ1v) is 4.70. The lowest BCUT2D eigenvalue weighted by Gasteiger charge is -2.02. The first kappa shape index (κ1) is 10.8. The van der Waals surface area contributed by atoms with Crippen molar-refractivity contribution in [1.29, 1.82) is 0 Å². The molecule has 0 bridgehead atoms. The Morgan fingerprint density at radius 1 is 1.21 bits per heavy atom. The smallest absolute Gasteiger partial charge is 0.125 e. The minimum atomic E-state index is 0. The van der Waals surface area contributed by atoms with Gasteiger partial charge in [-0.3, -0.25) is 0 Å². The van der Waals surface area contributed by atoms with E-state index < -0.39 is 0 Å². The predicted octanol–water partition coefficient (Wildman–Crippen LogP) is 2.40. The molecule has 2 rings (SSSR count). The van der Waals surface area contributed by atoms with Crippen LogP contribution in [-0.4, -0.2) is 4.98 Å². The SMILES string of the molecule is Cl.Nc1ccc(N)c(-c2nccs2)c1. The number of anilines is 2. The molecule has 0 saturated carbocycles. The monoisotopic (exact) mass is 227 g/mol. The molecule has 0 amide bonds. The lowest BCUT2D eigenvalue weighted by Crippen LogP contribution is -1.92. The Kier molecular flexibility index (Phi) is 3.33. The molecule has 0 unspecified atom stereocenters. The van der Waals surface area contributed by atoms with E-state index in [1.54, 1.807) is 29.7 Å². The molecule has 74 valence electrons. The highest BCUT2D eigenvalue weighted by Crippen LogP contribution is 2.28. The third kappa shape index (κ3) is 1.97. The van der Waals surface area contributed by atoms with E-state index >= 15 is 0 Å². The average Bonchev–Trinajstić information content (AvgIpc) is 2.61. The summed E-state index contributed by atoms with van der Waals surface area (Å²) in [6.07, 6.45) is 1.75. The van der Waals surface area contributed by atoms with Crippen LogP contribution in [0.4, 0.5) is 11.4 Å². The summed E-state index contributed by atoms with van der Waals surface area (Å²) in [5.74, 6) is 0. The number of hydrogen-bond donors (Lipinski definition) is 2. The fourth-order valence-electron chi connectivity index (χ4n) is 1.12. The maximum atomic E-state index is 5.79. The molecule has 1 aromatic heterocycles. The summed E-state index contributed by atoms with van der Waals surface area (Å²) >= 11 is 1.55. The van der Waals surface area contributed by atoms with Crippen LogP contribution in [0.5, 0.6) is 0 Å². The van der Waals surface area contributed by atoms with Gasteiger partial charge in [-0.25, -0.2) is 4.98 Å². The average molecular weight is 228 g/mol. The molecule has 0 radical (unpaired) electrons. The Morgan fingerprint density at radius 3 is 2.64 bits per heavy atom. The number of thiazole rings is 1. The summed E-state index contributed by atoms with van der Waals surface area (Å²) in [5, 5.41) is 2.82. The molecule has 4 N–H and O–H groups in total. The van der Waals surface area contributed by atoms with Gasteiger partial charge >= 0.3 is 0 Å². The zero-order valence-electron chi connectivity index (χ0n) is 7.31. The highest BCUT2D eigenvalue weighted by atomic mass is 35.5. The number of nitrogen functional groups attached to an aromatic ring is 2. The van der Waals surface area contributed by atoms with Crippen molar-refractivity contribution in [1.82, 2.24) is 4.98 Å². The highest BCUT2D eigenvalue weighted by Gasteiger charge is 2.04. The van der Waals surface area contributed by atoms with Crippen LogP contribution in [0.3, 0.4) is 0 Å². The van der Waals surface area contributed by atoms with Crippen LogP contribution in [0, 0.1) is 0 Å². The van der Waals surface area contributed by atoms with Crippen LogP contribution < -0.4 is 11.5 Å². The second-order valence-electron chi connectivity index (χ2n) is 2.68. The molecule has 0 fully saturated rings. The van der Waals surface area contributed by atoms with Crippen molar-refractivity contribution in [3.8, 4) is 10.6 Å². The summed E-state index contributed by atoms with van der Waals surface area (Å²) < 4.78 is 0. The summed E-state index contributed by atoms with van der Waals surface area (Å²) in [6, 6.07) is 5.42. The zero-order valence-corrected chi connectivity index (χ0v) is 8.94. The molecule has 0 aliphatic rings. The first-order chi connectivity index (χ1) is 6.27. The van der Waals surface area contributed by atoms with E-state index in [1.807, 2.05) is 11.4 Å². The second-order valence-corrected chi connectivity index (χ2v) is 3.58. The van der Waals surface area contributed by atoms with E-state index in [9.17, 15) is 0 Å². The molecule has 5 heteroatoms. The van der Waals surface area contributed by atoms with Crippen molar-refractivity contribution in [2.24, 2.45) is 0 Å². The number of hydrogen-bond acceptors (Lipinski definition) is 4. The molecule has 0 atom stereocenters. The lowest BCUT2D eigenvalue weighted by molar-refractivity contribution is 1.41. The Labute approximate surface area is 92.2 Å². The van der Waals surface area contributed by atoms with Gasteiger partial charge in [0.15, 0.2) is 0 Å². The van der Waals surface area contributed by atoms with Gasteiger partial charge in [0.05, 0.1) is 0 Å². The van der Waals surface area contributed by atoms with E-state index in [4.69, 9.17) is 11.5 Å². The van der Waals surface area contributed by atoms with E-state index in [2.05, 4.69) is 4.98 Å². The van der Waals surface area contributed by atoms with Crippen molar-refractivity contribution in [2.75, 3.05) is 11.5 Å². The summed E-state index contributed by atoms with van der Waals surface area (Å²) in [5.41, 5.74) is 13.8. The van der Waals surface area contributed by atoms with Crippen LogP contribution >= 0.6 is 23.7 Å². The van der Waals surface area contributed by atoms with E-state index in [0.717, 1.165) is 10.6 Å². The maximum absolute atomic E-state index is 5.79. The van der Waals surface area contributed by atoms with Crippen LogP contribution in [0.2, 0.25) is 0 Å². The molecule has 1 heterocycles. The minimum absolute atomic E-state index is 0. The van der Waals surface area contributed by atoms with Crippen LogP contribution in [0.25, 0.3) is 10.6 Å². The number of nitrogens with two attached hydrogens (primary N) is 2. The van der Waals surface area contributed by atoms with Gasteiger partial charge in [-0.15, -0.1) is 23.7 Å². The van der Waals surface area contributed by atoms with Gasteiger partial charge in [-0.05, 0) is 18.2 Å². The maximum Gasteiger partial charge on any atom is 0.125 e.